The van der Waals surface area contributed by atoms with Crippen LogP contribution in [0.3, 0.4) is 0 Å². The lowest BCUT2D eigenvalue weighted by Gasteiger charge is -1.92. The fraction of sp³-hybridized carbons (Fsp3) is 0.571. The first-order valence-electron chi connectivity index (χ1n) is 5.84. The Labute approximate surface area is 90.4 Å². The molecule has 0 bridgehead atoms. The molecule has 0 saturated heterocycles. The van der Waals surface area contributed by atoms with Crippen molar-refractivity contribution in [2.75, 3.05) is 0 Å². The zero-order valence-electron chi connectivity index (χ0n) is 10.6. The van der Waals surface area contributed by atoms with Gasteiger partial charge in [0.25, 0.3) is 0 Å². The van der Waals surface area contributed by atoms with Crippen molar-refractivity contribution in [1.82, 2.24) is 0 Å². The van der Waals surface area contributed by atoms with E-state index in [0.29, 0.717) is 0 Å². The fourth-order valence-electron chi connectivity index (χ4n) is 1.24. The van der Waals surface area contributed by atoms with Gasteiger partial charge in [0, 0.05) is 0 Å². The molecule has 1 rings (SSSR count). The Kier molecular flexibility index (Phi) is 13.7. The normalized spacial score (nSPS) is 17.5. The molecule has 0 heterocycles. The Morgan fingerprint density at radius 1 is 1.07 bits per heavy atom. The first-order valence-corrected chi connectivity index (χ1v) is 5.84. The standard InChI is InChI=1S/C10H14.2C2H6/c1-3-4-7-10-8-5-6-9(10)2;2*1-2/h3-4,7H,2,5-6,8H2,1H3;2*1-2H3/b4-3-,10-7-;;. The first kappa shape index (κ1) is 15.7. The van der Waals surface area contributed by atoms with Crippen molar-refractivity contribution in [3.63, 3.8) is 0 Å². The van der Waals surface area contributed by atoms with Crippen LogP contribution in [0.1, 0.15) is 53.9 Å². The van der Waals surface area contributed by atoms with Gasteiger partial charge in [-0.25, -0.2) is 0 Å². The van der Waals surface area contributed by atoms with Gasteiger partial charge < -0.3 is 0 Å². The summed E-state index contributed by atoms with van der Waals surface area (Å²) < 4.78 is 0. The van der Waals surface area contributed by atoms with Crippen molar-refractivity contribution in [2.45, 2.75) is 53.9 Å². The van der Waals surface area contributed by atoms with Crippen LogP contribution >= 0.6 is 0 Å². The largest absolute Gasteiger partial charge is 0.0956 e. The molecule has 0 aromatic rings. The summed E-state index contributed by atoms with van der Waals surface area (Å²) in [5.74, 6) is 0. The van der Waals surface area contributed by atoms with E-state index < -0.39 is 0 Å². The summed E-state index contributed by atoms with van der Waals surface area (Å²) in [5.41, 5.74) is 2.77. The predicted molar refractivity (Wildman–Crippen MR) is 68.6 cm³/mol. The average molecular weight is 194 g/mol. The Balaban J connectivity index is 0. The summed E-state index contributed by atoms with van der Waals surface area (Å²) in [7, 11) is 0. The second kappa shape index (κ2) is 12.2. The van der Waals surface area contributed by atoms with Crippen molar-refractivity contribution in [2.24, 2.45) is 0 Å². The Hall–Kier alpha value is -0.780. The maximum Gasteiger partial charge on any atom is -0.0273 e. The predicted octanol–water partition coefficient (Wildman–Crippen LogP) is 5.28. The summed E-state index contributed by atoms with van der Waals surface area (Å²) in [4.78, 5) is 0. The van der Waals surface area contributed by atoms with Gasteiger partial charge in [-0.15, -0.1) is 0 Å². The van der Waals surface area contributed by atoms with Crippen LogP contribution in [-0.4, -0.2) is 0 Å². The zero-order valence-corrected chi connectivity index (χ0v) is 10.6. The first-order chi connectivity index (χ1) is 6.84. The van der Waals surface area contributed by atoms with E-state index in [1.165, 1.54) is 30.4 Å². The van der Waals surface area contributed by atoms with Gasteiger partial charge in [-0.2, -0.15) is 0 Å². The van der Waals surface area contributed by atoms with E-state index in [4.69, 9.17) is 0 Å². The lowest BCUT2D eigenvalue weighted by molar-refractivity contribution is 0.933. The highest BCUT2D eigenvalue weighted by molar-refractivity contribution is 5.34. The summed E-state index contributed by atoms with van der Waals surface area (Å²) in [5, 5.41) is 0. The molecule has 0 aromatic carbocycles. The zero-order chi connectivity index (χ0) is 11.4. The smallest absolute Gasteiger partial charge is 0.0273 e. The third-order valence-corrected chi connectivity index (χ3v) is 1.87. The van der Waals surface area contributed by atoms with Crippen LogP contribution in [-0.2, 0) is 0 Å². The molecule has 1 aliphatic rings. The van der Waals surface area contributed by atoms with Crippen molar-refractivity contribution < 1.29 is 0 Å². The molecule has 0 nitrogen and oxygen atoms in total. The Morgan fingerprint density at radius 3 is 2.00 bits per heavy atom. The number of rotatable bonds is 1. The molecule has 0 heteroatoms. The molecular formula is C14H26. The van der Waals surface area contributed by atoms with Crippen LogP contribution in [0.15, 0.2) is 36.0 Å². The molecular weight excluding hydrogens is 168 g/mol. The van der Waals surface area contributed by atoms with Gasteiger partial charge in [-0.3, -0.25) is 0 Å². The molecule has 1 saturated carbocycles. The van der Waals surface area contributed by atoms with Crippen LogP contribution < -0.4 is 0 Å². The van der Waals surface area contributed by atoms with Crippen molar-refractivity contribution in [3.8, 4) is 0 Å². The fourth-order valence-corrected chi connectivity index (χ4v) is 1.24. The molecule has 0 aromatic heterocycles. The van der Waals surface area contributed by atoms with E-state index in [1.54, 1.807) is 0 Å². The van der Waals surface area contributed by atoms with E-state index in [0.717, 1.165) is 0 Å². The minimum Gasteiger partial charge on any atom is -0.0956 e. The van der Waals surface area contributed by atoms with Crippen LogP contribution in [0.2, 0.25) is 0 Å². The van der Waals surface area contributed by atoms with Crippen LogP contribution in [0.4, 0.5) is 0 Å². The molecule has 0 radical (unpaired) electrons. The van der Waals surface area contributed by atoms with Gasteiger partial charge in [0.05, 0.1) is 0 Å². The summed E-state index contributed by atoms with van der Waals surface area (Å²) in [6.45, 7) is 14.0. The van der Waals surface area contributed by atoms with Crippen LogP contribution in [0.25, 0.3) is 0 Å². The van der Waals surface area contributed by atoms with Gasteiger partial charge in [0.15, 0.2) is 0 Å². The van der Waals surface area contributed by atoms with Gasteiger partial charge in [-0.1, -0.05) is 58.1 Å². The van der Waals surface area contributed by atoms with E-state index in [9.17, 15) is 0 Å². The quantitative estimate of drug-likeness (QED) is 0.532. The lowest BCUT2D eigenvalue weighted by Crippen LogP contribution is -1.72. The van der Waals surface area contributed by atoms with Gasteiger partial charge in [0.1, 0.15) is 0 Å². The number of allylic oxidation sites excluding steroid dienone is 5. The second-order valence-corrected chi connectivity index (χ2v) is 2.67. The molecule has 0 N–H and O–H groups in total. The third kappa shape index (κ3) is 6.71. The molecule has 1 aliphatic carbocycles. The highest BCUT2D eigenvalue weighted by atomic mass is 14.1. The molecule has 0 aliphatic heterocycles. The Morgan fingerprint density at radius 2 is 1.64 bits per heavy atom. The van der Waals surface area contributed by atoms with E-state index >= 15 is 0 Å². The average Bonchev–Trinajstić information content (AvgIpc) is 2.67. The van der Waals surface area contributed by atoms with Crippen LogP contribution in [0, 0.1) is 0 Å². The molecule has 0 unspecified atom stereocenters. The summed E-state index contributed by atoms with van der Waals surface area (Å²) in [6, 6.07) is 0. The summed E-state index contributed by atoms with van der Waals surface area (Å²) in [6.07, 6.45) is 10.0. The van der Waals surface area contributed by atoms with Gasteiger partial charge >= 0.3 is 0 Å². The maximum absolute atomic E-state index is 3.99. The number of hydrogen-bond acceptors (Lipinski definition) is 0. The van der Waals surface area contributed by atoms with Crippen LogP contribution in [0.5, 0.6) is 0 Å². The molecule has 82 valence electrons. The minimum absolute atomic E-state index is 1.20. The lowest BCUT2D eigenvalue weighted by atomic mass is 10.1. The van der Waals surface area contributed by atoms with E-state index in [-0.39, 0.29) is 0 Å². The van der Waals surface area contributed by atoms with Gasteiger partial charge in [-0.05, 0) is 31.8 Å². The number of hydrogen-bond donors (Lipinski definition) is 0. The molecule has 0 atom stereocenters. The van der Waals surface area contributed by atoms with E-state index in [1.807, 2.05) is 34.6 Å². The highest BCUT2D eigenvalue weighted by Crippen LogP contribution is 2.28. The SMILES string of the molecule is C=C1CCC/C1=C/C=C\C.CC.CC. The summed E-state index contributed by atoms with van der Waals surface area (Å²) >= 11 is 0. The van der Waals surface area contributed by atoms with Gasteiger partial charge in [0.2, 0.25) is 0 Å². The second-order valence-electron chi connectivity index (χ2n) is 2.67. The molecule has 0 amide bonds. The van der Waals surface area contributed by atoms with E-state index in [2.05, 4.69) is 24.8 Å². The maximum atomic E-state index is 3.99. The van der Waals surface area contributed by atoms with Crippen molar-refractivity contribution in [3.05, 3.63) is 36.0 Å². The molecule has 0 spiro atoms. The van der Waals surface area contributed by atoms with Crippen molar-refractivity contribution >= 4 is 0 Å². The topological polar surface area (TPSA) is 0 Å². The third-order valence-electron chi connectivity index (χ3n) is 1.87. The monoisotopic (exact) mass is 194 g/mol. The molecule has 1 fully saturated rings. The highest BCUT2D eigenvalue weighted by Gasteiger charge is 2.08. The molecule has 14 heavy (non-hydrogen) atoms. The Bertz CT molecular complexity index is 182. The van der Waals surface area contributed by atoms with Crippen molar-refractivity contribution in [1.29, 1.82) is 0 Å². The minimum atomic E-state index is 1.20.